The van der Waals surface area contributed by atoms with Crippen LogP contribution in [-0.2, 0) is 0 Å². The van der Waals surface area contributed by atoms with Crippen LogP contribution in [0.4, 0.5) is 0 Å². The van der Waals surface area contributed by atoms with E-state index < -0.39 is 0 Å². The summed E-state index contributed by atoms with van der Waals surface area (Å²) in [5.41, 5.74) is 2.55. The van der Waals surface area contributed by atoms with Crippen LogP contribution in [0.5, 0.6) is 0 Å². The van der Waals surface area contributed by atoms with Crippen molar-refractivity contribution in [3.05, 3.63) is 46.7 Å². The van der Waals surface area contributed by atoms with Gasteiger partial charge in [-0.25, -0.2) is 4.98 Å². The van der Waals surface area contributed by atoms with E-state index in [1.807, 2.05) is 18.2 Å². The predicted molar refractivity (Wildman–Crippen MR) is 75.9 cm³/mol. The molecule has 2 aromatic heterocycles. The van der Waals surface area contributed by atoms with Gasteiger partial charge in [-0.2, -0.15) is 0 Å². The van der Waals surface area contributed by atoms with Gasteiger partial charge in [-0.1, -0.05) is 0 Å². The summed E-state index contributed by atoms with van der Waals surface area (Å²) in [6.45, 7) is 0. The van der Waals surface area contributed by atoms with Crippen LogP contribution in [0.1, 0.15) is 10.4 Å². The molecule has 18 heavy (non-hydrogen) atoms. The van der Waals surface area contributed by atoms with E-state index in [0.29, 0.717) is 5.56 Å². The highest BCUT2D eigenvalue weighted by Gasteiger charge is 2.07. The standard InChI is InChI=1S/C13H7BrN2OS/c14-10-4-9(5-15-6-10)13-16-11-2-1-8(7-17)3-12(11)18-13/h1-7H. The van der Waals surface area contributed by atoms with Gasteiger partial charge in [-0.3, -0.25) is 9.78 Å². The highest BCUT2D eigenvalue weighted by molar-refractivity contribution is 9.10. The highest BCUT2D eigenvalue weighted by atomic mass is 79.9. The van der Waals surface area contributed by atoms with Gasteiger partial charge in [0.2, 0.25) is 0 Å². The van der Waals surface area contributed by atoms with Crippen molar-refractivity contribution in [2.24, 2.45) is 0 Å². The molecule has 0 aliphatic heterocycles. The number of hydrogen-bond donors (Lipinski definition) is 0. The Bertz CT molecular complexity index is 739. The maximum absolute atomic E-state index is 10.7. The zero-order valence-corrected chi connectivity index (χ0v) is 11.5. The number of pyridine rings is 1. The second-order valence-electron chi connectivity index (χ2n) is 3.76. The molecule has 0 bridgehead atoms. The first-order valence-electron chi connectivity index (χ1n) is 5.23. The summed E-state index contributed by atoms with van der Waals surface area (Å²) in [5.74, 6) is 0. The van der Waals surface area contributed by atoms with E-state index in [4.69, 9.17) is 0 Å². The van der Waals surface area contributed by atoms with Gasteiger partial charge in [0.25, 0.3) is 0 Å². The summed E-state index contributed by atoms with van der Waals surface area (Å²) in [7, 11) is 0. The molecule has 0 saturated heterocycles. The summed E-state index contributed by atoms with van der Waals surface area (Å²) in [6, 6.07) is 7.47. The van der Waals surface area contributed by atoms with Crippen molar-refractivity contribution in [2.75, 3.05) is 0 Å². The van der Waals surface area contributed by atoms with Crippen LogP contribution >= 0.6 is 27.3 Å². The second kappa shape index (κ2) is 4.59. The first-order valence-corrected chi connectivity index (χ1v) is 6.84. The number of carbonyl (C=O) groups is 1. The average molecular weight is 319 g/mol. The topological polar surface area (TPSA) is 42.9 Å². The number of benzene rings is 1. The monoisotopic (exact) mass is 318 g/mol. The normalized spacial score (nSPS) is 10.7. The van der Waals surface area contributed by atoms with Crippen LogP contribution in [0.3, 0.4) is 0 Å². The minimum atomic E-state index is 0.671. The lowest BCUT2D eigenvalue weighted by Crippen LogP contribution is -1.79. The van der Waals surface area contributed by atoms with Gasteiger partial charge in [0.05, 0.1) is 10.2 Å². The van der Waals surface area contributed by atoms with Crippen molar-refractivity contribution >= 4 is 43.8 Å². The van der Waals surface area contributed by atoms with Gasteiger partial charge in [-0.05, 0) is 40.2 Å². The molecule has 3 rings (SSSR count). The third-order valence-electron chi connectivity index (χ3n) is 2.50. The highest BCUT2D eigenvalue weighted by Crippen LogP contribution is 2.31. The molecule has 0 aliphatic rings. The Hall–Kier alpha value is -1.59. The van der Waals surface area contributed by atoms with Crippen LogP contribution < -0.4 is 0 Å². The molecular weight excluding hydrogens is 312 g/mol. The molecule has 2 heterocycles. The molecule has 88 valence electrons. The van der Waals surface area contributed by atoms with Crippen molar-refractivity contribution in [3.8, 4) is 10.6 Å². The third kappa shape index (κ3) is 2.07. The lowest BCUT2D eigenvalue weighted by atomic mass is 10.2. The quantitative estimate of drug-likeness (QED) is 0.672. The maximum Gasteiger partial charge on any atom is 0.150 e. The van der Waals surface area contributed by atoms with Crippen molar-refractivity contribution in [1.29, 1.82) is 0 Å². The van der Waals surface area contributed by atoms with E-state index in [1.54, 1.807) is 29.8 Å². The van der Waals surface area contributed by atoms with Crippen LogP contribution in [0.2, 0.25) is 0 Å². The number of rotatable bonds is 2. The number of hydrogen-bond acceptors (Lipinski definition) is 4. The number of carbonyl (C=O) groups excluding carboxylic acids is 1. The van der Waals surface area contributed by atoms with E-state index in [1.165, 1.54) is 0 Å². The van der Waals surface area contributed by atoms with E-state index in [2.05, 4.69) is 25.9 Å². The third-order valence-corrected chi connectivity index (χ3v) is 4.00. The summed E-state index contributed by atoms with van der Waals surface area (Å²) in [4.78, 5) is 19.4. The molecule has 0 fully saturated rings. The molecule has 0 amide bonds. The number of thiazole rings is 1. The van der Waals surface area contributed by atoms with E-state index in [9.17, 15) is 4.79 Å². The molecule has 5 heteroatoms. The molecule has 0 atom stereocenters. The Morgan fingerprint density at radius 2 is 2.11 bits per heavy atom. The SMILES string of the molecule is O=Cc1ccc2nc(-c3cncc(Br)c3)sc2c1. The zero-order valence-electron chi connectivity index (χ0n) is 9.13. The van der Waals surface area contributed by atoms with Gasteiger partial charge in [0, 0.05) is 28.0 Å². The fourth-order valence-corrected chi connectivity index (χ4v) is 3.03. The van der Waals surface area contributed by atoms with Crippen molar-refractivity contribution < 1.29 is 4.79 Å². The van der Waals surface area contributed by atoms with Crippen molar-refractivity contribution in [1.82, 2.24) is 9.97 Å². The van der Waals surface area contributed by atoms with Crippen molar-refractivity contribution in [3.63, 3.8) is 0 Å². The molecule has 0 unspecified atom stereocenters. The number of aldehydes is 1. The van der Waals surface area contributed by atoms with E-state index >= 15 is 0 Å². The molecule has 0 spiro atoms. The van der Waals surface area contributed by atoms with Crippen molar-refractivity contribution in [2.45, 2.75) is 0 Å². The van der Waals surface area contributed by atoms with Gasteiger partial charge < -0.3 is 0 Å². The number of aromatic nitrogens is 2. The maximum atomic E-state index is 10.7. The number of halogens is 1. The van der Waals surface area contributed by atoms with E-state index in [0.717, 1.165) is 31.5 Å². The Morgan fingerprint density at radius 1 is 1.22 bits per heavy atom. The first kappa shape index (κ1) is 11.5. The summed E-state index contributed by atoms with van der Waals surface area (Å²) >= 11 is 4.95. The molecule has 0 N–H and O–H groups in total. The Kier molecular flexibility index (Phi) is 2.93. The van der Waals surface area contributed by atoms with Gasteiger partial charge in [-0.15, -0.1) is 11.3 Å². The minimum absolute atomic E-state index is 0.671. The van der Waals surface area contributed by atoms with Crippen LogP contribution in [0.25, 0.3) is 20.8 Å². The molecule has 0 aliphatic carbocycles. The van der Waals surface area contributed by atoms with Crippen LogP contribution in [-0.4, -0.2) is 16.3 Å². The minimum Gasteiger partial charge on any atom is -0.298 e. The molecule has 0 saturated carbocycles. The molecule has 3 aromatic rings. The lowest BCUT2D eigenvalue weighted by Gasteiger charge is -1.94. The first-order chi connectivity index (χ1) is 8.76. The van der Waals surface area contributed by atoms with Crippen LogP contribution in [0.15, 0.2) is 41.1 Å². The van der Waals surface area contributed by atoms with E-state index in [-0.39, 0.29) is 0 Å². The summed E-state index contributed by atoms with van der Waals surface area (Å²) in [5, 5.41) is 0.904. The Balaban J connectivity index is 2.16. The summed E-state index contributed by atoms with van der Waals surface area (Å²) in [6.07, 6.45) is 4.36. The van der Waals surface area contributed by atoms with Crippen LogP contribution in [0, 0.1) is 0 Å². The molecule has 3 nitrogen and oxygen atoms in total. The van der Waals surface area contributed by atoms with Gasteiger partial charge in [0.15, 0.2) is 0 Å². The molecular formula is C13H7BrN2OS. The predicted octanol–water partition coefficient (Wildman–Crippen LogP) is 3.93. The molecule has 0 radical (unpaired) electrons. The Morgan fingerprint density at radius 3 is 2.89 bits per heavy atom. The molecule has 1 aromatic carbocycles. The fraction of sp³-hybridized carbons (Fsp3) is 0. The summed E-state index contributed by atoms with van der Waals surface area (Å²) < 4.78 is 1.93. The number of nitrogens with zero attached hydrogens (tertiary/aromatic N) is 2. The number of fused-ring (bicyclic) bond motifs is 1. The Labute approximate surface area is 116 Å². The fourth-order valence-electron chi connectivity index (χ4n) is 1.67. The second-order valence-corrected chi connectivity index (χ2v) is 5.70. The van der Waals surface area contributed by atoms with Gasteiger partial charge >= 0.3 is 0 Å². The largest absolute Gasteiger partial charge is 0.298 e. The van der Waals surface area contributed by atoms with Gasteiger partial charge in [0.1, 0.15) is 11.3 Å². The zero-order chi connectivity index (χ0) is 12.5. The smallest absolute Gasteiger partial charge is 0.150 e. The average Bonchev–Trinajstić information content (AvgIpc) is 2.81. The lowest BCUT2D eigenvalue weighted by molar-refractivity contribution is 0.112.